The molecule has 0 aliphatic rings. The first-order valence-corrected chi connectivity index (χ1v) is 5.10. The summed E-state index contributed by atoms with van der Waals surface area (Å²) >= 11 is 0. The van der Waals surface area contributed by atoms with Gasteiger partial charge < -0.3 is 0 Å². The van der Waals surface area contributed by atoms with E-state index >= 15 is 0 Å². The highest BCUT2D eigenvalue weighted by atomic mass is 15.1. The van der Waals surface area contributed by atoms with Gasteiger partial charge in [-0.15, -0.1) is 0 Å². The second-order valence-electron chi connectivity index (χ2n) is 4.94. The minimum Gasteiger partial charge on any atom is -0.0893 e. The zero-order valence-corrected chi connectivity index (χ0v) is 9.57. The standard InChI is InChI=1S/C12H17N3/c1-12(2,3)8-10-4-6-11(7-5-10)9-14-15-13/h4-7H,8-9H2,1-3H3. The fourth-order valence-corrected chi connectivity index (χ4v) is 1.49. The molecule has 1 aromatic carbocycles. The van der Waals surface area contributed by atoms with Gasteiger partial charge in [-0.3, -0.25) is 0 Å². The van der Waals surface area contributed by atoms with Crippen molar-refractivity contribution in [1.82, 2.24) is 0 Å². The van der Waals surface area contributed by atoms with Crippen LogP contribution in [0.1, 0.15) is 31.9 Å². The van der Waals surface area contributed by atoms with Gasteiger partial charge >= 0.3 is 0 Å². The van der Waals surface area contributed by atoms with E-state index in [0.29, 0.717) is 12.0 Å². The molecule has 0 radical (unpaired) electrons. The van der Waals surface area contributed by atoms with E-state index in [2.05, 4.69) is 42.9 Å². The lowest BCUT2D eigenvalue weighted by atomic mass is 9.88. The molecule has 0 N–H and O–H groups in total. The third kappa shape index (κ3) is 4.52. The van der Waals surface area contributed by atoms with E-state index < -0.39 is 0 Å². The quantitative estimate of drug-likeness (QED) is 0.403. The third-order valence-corrected chi connectivity index (χ3v) is 2.07. The van der Waals surface area contributed by atoms with Crippen LogP contribution < -0.4 is 0 Å². The van der Waals surface area contributed by atoms with Gasteiger partial charge in [-0.2, -0.15) is 0 Å². The molecule has 0 aliphatic heterocycles. The Morgan fingerprint density at radius 2 is 1.67 bits per heavy atom. The lowest BCUT2D eigenvalue weighted by Gasteiger charge is -2.18. The summed E-state index contributed by atoms with van der Waals surface area (Å²) in [7, 11) is 0. The van der Waals surface area contributed by atoms with Crippen molar-refractivity contribution in [2.45, 2.75) is 33.7 Å². The number of nitrogens with zero attached hydrogens (tertiary/aromatic N) is 3. The highest BCUT2D eigenvalue weighted by molar-refractivity contribution is 5.23. The third-order valence-electron chi connectivity index (χ3n) is 2.07. The summed E-state index contributed by atoms with van der Waals surface area (Å²) in [4.78, 5) is 2.74. The van der Waals surface area contributed by atoms with E-state index in [1.807, 2.05) is 12.1 Å². The van der Waals surface area contributed by atoms with Crippen molar-refractivity contribution in [3.63, 3.8) is 0 Å². The summed E-state index contributed by atoms with van der Waals surface area (Å²) in [5.74, 6) is 0. The Hall–Kier alpha value is -1.47. The average molecular weight is 203 g/mol. The maximum absolute atomic E-state index is 8.19. The van der Waals surface area contributed by atoms with Crippen molar-refractivity contribution in [2.75, 3.05) is 0 Å². The molecular formula is C12H17N3. The zero-order valence-electron chi connectivity index (χ0n) is 9.57. The molecule has 0 amide bonds. The molecule has 0 saturated heterocycles. The molecule has 0 unspecified atom stereocenters. The van der Waals surface area contributed by atoms with Crippen LogP contribution in [-0.4, -0.2) is 0 Å². The Labute approximate surface area is 90.8 Å². The molecule has 0 bridgehead atoms. The lowest BCUT2D eigenvalue weighted by Crippen LogP contribution is -2.08. The molecule has 3 heteroatoms. The van der Waals surface area contributed by atoms with E-state index in [9.17, 15) is 0 Å². The number of hydrogen-bond acceptors (Lipinski definition) is 1. The fraction of sp³-hybridized carbons (Fsp3) is 0.500. The van der Waals surface area contributed by atoms with Crippen molar-refractivity contribution in [1.29, 1.82) is 0 Å². The van der Waals surface area contributed by atoms with Crippen LogP contribution in [0.5, 0.6) is 0 Å². The minimum absolute atomic E-state index is 0.312. The smallest absolute Gasteiger partial charge is 0.0510 e. The molecule has 80 valence electrons. The molecular weight excluding hydrogens is 186 g/mol. The molecule has 0 heterocycles. The monoisotopic (exact) mass is 203 g/mol. The maximum atomic E-state index is 8.19. The van der Waals surface area contributed by atoms with Crippen LogP contribution in [0.2, 0.25) is 0 Å². The molecule has 0 spiro atoms. The van der Waals surface area contributed by atoms with Crippen LogP contribution in [0.3, 0.4) is 0 Å². The van der Waals surface area contributed by atoms with Gasteiger partial charge in [0.25, 0.3) is 0 Å². The van der Waals surface area contributed by atoms with E-state index in [1.54, 1.807) is 0 Å². The molecule has 0 saturated carbocycles. The van der Waals surface area contributed by atoms with E-state index in [0.717, 1.165) is 12.0 Å². The Morgan fingerprint density at radius 1 is 1.13 bits per heavy atom. The van der Waals surface area contributed by atoms with Crippen molar-refractivity contribution in [3.8, 4) is 0 Å². The van der Waals surface area contributed by atoms with Gasteiger partial charge in [-0.1, -0.05) is 50.2 Å². The summed E-state index contributed by atoms with van der Waals surface area (Å²) in [6, 6.07) is 8.26. The number of hydrogen-bond donors (Lipinski definition) is 0. The summed E-state index contributed by atoms with van der Waals surface area (Å²) in [5.41, 5.74) is 10.9. The van der Waals surface area contributed by atoms with E-state index in [4.69, 9.17) is 5.53 Å². The number of azide groups is 1. The largest absolute Gasteiger partial charge is 0.0893 e. The maximum Gasteiger partial charge on any atom is 0.0510 e. The molecule has 0 atom stereocenters. The summed E-state index contributed by atoms with van der Waals surface area (Å²) in [6.07, 6.45) is 1.06. The first kappa shape index (κ1) is 11.6. The SMILES string of the molecule is CC(C)(C)Cc1ccc(CN=[N+]=[N-])cc1. The topological polar surface area (TPSA) is 48.8 Å². The van der Waals surface area contributed by atoms with Gasteiger partial charge in [0.05, 0.1) is 6.54 Å². The van der Waals surface area contributed by atoms with Crippen LogP contribution >= 0.6 is 0 Å². The Bertz CT molecular complexity index is 353. The first-order chi connectivity index (χ1) is 7.01. The van der Waals surface area contributed by atoms with Crippen molar-refractivity contribution < 1.29 is 0 Å². The molecule has 3 nitrogen and oxygen atoms in total. The number of rotatable bonds is 3. The molecule has 1 aromatic rings. The Morgan fingerprint density at radius 3 is 2.13 bits per heavy atom. The summed E-state index contributed by atoms with van der Waals surface area (Å²) in [6.45, 7) is 7.11. The van der Waals surface area contributed by atoms with Gasteiger partial charge in [0.2, 0.25) is 0 Å². The van der Waals surface area contributed by atoms with Gasteiger partial charge in [0, 0.05) is 4.91 Å². The van der Waals surface area contributed by atoms with Gasteiger partial charge in [-0.05, 0) is 28.5 Å². The van der Waals surface area contributed by atoms with Crippen LogP contribution in [0.25, 0.3) is 10.4 Å². The Kier molecular flexibility index (Phi) is 3.75. The highest BCUT2D eigenvalue weighted by Gasteiger charge is 2.10. The minimum atomic E-state index is 0.312. The first-order valence-electron chi connectivity index (χ1n) is 5.10. The summed E-state index contributed by atoms with van der Waals surface area (Å²) in [5, 5.41) is 3.53. The molecule has 0 aliphatic carbocycles. The van der Waals surface area contributed by atoms with Crippen molar-refractivity contribution >= 4 is 0 Å². The predicted molar refractivity (Wildman–Crippen MR) is 62.5 cm³/mol. The summed E-state index contributed by atoms with van der Waals surface area (Å²) < 4.78 is 0. The normalized spacial score (nSPS) is 10.9. The highest BCUT2D eigenvalue weighted by Crippen LogP contribution is 2.20. The van der Waals surface area contributed by atoms with Gasteiger partial charge in [0.1, 0.15) is 0 Å². The fourth-order valence-electron chi connectivity index (χ4n) is 1.49. The average Bonchev–Trinajstić information content (AvgIpc) is 2.14. The zero-order chi connectivity index (χ0) is 11.3. The molecule has 0 aromatic heterocycles. The van der Waals surface area contributed by atoms with Crippen molar-refractivity contribution in [2.24, 2.45) is 10.5 Å². The van der Waals surface area contributed by atoms with Crippen LogP contribution in [-0.2, 0) is 13.0 Å². The molecule has 0 fully saturated rings. The van der Waals surface area contributed by atoms with Gasteiger partial charge in [0.15, 0.2) is 0 Å². The predicted octanol–water partition coefficient (Wildman–Crippen LogP) is 4.09. The van der Waals surface area contributed by atoms with E-state index in [1.165, 1.54) is 5.56 Å². The van der Waals surface area contributed by atoms with Crippen molar-refractivity contribution in [3.05, 3.63) is 45.8 Å². The number of benzene rings is 1. The van der Waals surface area contributed by atoms with Gasteiger partial charge in [-0.25, -0.2) is 0 Å². The molecule has 15 heavy (non-hydrogen) atoms. The van der Waals surface area contributed by atoms with Crippen LogP contribution in [0.15, 0.2) is 29.4 Å². The lowest BCUT2D eigenvalue weighted by molar-refractivity contribution is 0.411. The Balaban J connectivity index is 2.68. The van der Waals surface area contributed by atoms with E-state index in [-0.39, 0.29) is 0 Å². The van der Waals surface area contributed by atoms with Crippen LogP contribution in [0, 0.1) is 5.41 Å². The molecule has 1 rings (SSSR count). The second-order valence-corrected chi connectivity index (χ2v) is 4.94. The van der Waals surface area contributed by atoms with Crippen LogP contribution in [0.4, 0.5) is 0 Å². The second kappa shape index (κ2) is 4.85.